The maximum atomic E-state index is 11.5. The monoisotopic (exact) mass is 230 g/mol. The lowest BCUT2D eigenvalue weighted by atomic mass is 10.1. The number of benzene rings is 1. The standard InChI is InChI=1S/C13H14N2O2/c14-9-11-8-13(16)15(10-11)6-7-17-12-4-2-1-3-5-12/h1-5,11H,6-8,10H2. The number of hydrogen-bond donors (Lipinski definition) is 0. The first kappa shape index (κ1) is 11.5. The van der Waals surface area contributed by atoms with Crippen LogP contribution in [0.2, 0.25) is 0 Å². The molecule has 1 atom stereocenters. The van der Waals surface area contributed by atoms with Crippen LogP contribution in [-0.4, -0.2) is 30.5 Å². The maximum Gasteiger partial charge on any atom is 0.224 e. The lowest BCUT2D eigenvalue weighted by molar-refractivity contribution is -0.128. The van der Waals surface area contributed by atoms with Crippen LogP contribution in [-0.2, 0) is 4.79 Å². The van der Waals surface area contributed by atoms with Gasteiger partial charge < -0.3 is 9.64 Å². The van der Waals surface area contributed by atoms with Crippen molar-refractivity contribution in [1.29, 1.82) is 5.26 Å². The number of amides is 1. The smallest absolute Gasteiger partial charge is 0.224 e. The van der Waals surface area contributed by atoms with E-state index in [0.717, 1.165) is 5.75 Å². The summed E-state index contributed by atoms with van der Waals surface area (Å²) in [7, 11) is 0. The van der Waals surface area contributed by atoms with E-state index in [4.69, 9.17) is 10.00 Å². The van der Waals surface area contributed by atoms with Crippen molar-refractivity contribution in [3.05, 3.63) is 30.3 Å². The molecule has 1 amide bonds. The molecule has 17 heavy (non-hydrogen) atoms. The third-order valence-corrected chi connectivity index (χ3v) is 2.77. The van der Waals surface area contributed by atoms with E-state index >= 15 is 0 Å². The van der Waals surface area contributed by atoms with E-state index in [1.165, 1.54) is 0 Å². The first-order valence-corrected chi connectivity index (χ1v) is 5.65. The summed E-state index contributed by atoms with van der Waals surface area (Å²) in [6.07, 6.45) is 0.349. The van der Waals surface area contributed by atoms with Crippen LogP contribution in [0, 0.1) is 17.2 Å². The predicted molar refractivity (Wildman–Crippen MR) is 62.2 cm³/mol. The number of nitriles is 1. The number of hydrogen-bond acceptors (Lipinski definition) is 3. The van der Waals surface area contributed by atoms with Gasteiger partial charge in [-0.1, -0.05) is 18.2 Å². The van der Waals surface area contributed by atoms with Gasteiger partial charge in [0.2, 0.25) is 5.91 Å². The third-order valence-electron chi connectivity index (χ3n) is 2.77. The lowest BCUT2D eigenvalue weighted by Gasteiger charge is -2.15. The van der Waals surface area contributed by atoms with Crippen LogP contribution in [0.25, 0.3) is 0 Å². The fraction of sp³-hybridized carbons (Fsp3) is 0.385. The number of carbonyl (C=O) groups excluding carboxylic acids is 1. The van der Waals surface area contributed by atoms with Gasteiger partial charge in [-0.3, -0.25) is 4.79 Å². The number of para-hydroxylation sites is 1. The lowest BCUT2D eigenvalue weighted by Crippen LogP contribution is -2.29. The summed E-state index contributed by atoms with van der Waals surface area (Å²) in [6, 6.07) is 11.6. The SMILES string of the molecule is N#CC1CC(=O)N(CCOc2ccccc2)C1. The molecule has 1 fully saturated rings. The van der Waals surface area contributed by atoms with Gasteiger partial charge in [0, 0.05) is 13.0 Å². The van der Waals surface area contributed by atoms with Crippen molar-refractivity contribution in [2.75, 3.05) is 19.7 Å². The van der Waals surface area contributed by atoms with Gasteiger partial charge in [0.25, 0.3) is 0 Å². The van der Waals surface area contributed by atoms with E-state index in [9.17, 15) is 4.79 Å². The summed E-state index contributed by atoms with van der Waals surface area (Å²) < 4.78 is 5.51. The average Bonchev–Trinajstić information content (AvgIpc) is 2.72. The highest BCUT2D eigenvalue weighted by molar-refractivity contribution is 5.79. The number of likely N-dealkylation sites (tertiary alicyclic amines) is 1. The zero-order valence-corrected chi connectivity index (χ0v) is 9.50. The van der Waals surface area contributed by atoms with E-state index in [2.05, 4.69) is 6.07 Å². The summed E-state index contributed by atoms with van der Waals surface area (Å²) >= 11 is 0. The Labute approximate surface area is 100 Å². The highest BCUT2D eigenvalue weighted by Crippen LogP contribution is 2.16. The number of nitrogens with zero attached hydrogens (tertiary/aromatic N) is 2. The molecule has 1 saturated heterocycles. The largest absolute Gasteiger partial charge is 0.492 e. The summed E-state index contributed by atoms with van der Waals surface area (Å²) in [5.74, 6) is 0.698. The zero-order chi connectivity index (χ0) is 12.1. The maximum absolute atomic E-state index is 11.5. The number of carbonyl (C=O) groups is 1. The molecule has 88 valence electrons. The summed E-state index contributed by atoms with van der Waals surface area (Å²) in [6.45, 7) is 1.55. The molecule has 4 nitrogen and oxygen atoms in total. The second kappa shape index (κ2) is 5.35. The quantitative estimate of drug-likeness (QED) is 0.786. The van der Waals surface area contributed by atoms with Gasteiger partial charge in [-0.15, -0.1) is 0 Å². The molecule has 1 aliphatic rings. The molecule has 0 aromatic heterocycles. The Bertz CT molecular complexity index is 425. The normalized spacial score (nSPS) is 19.1. The van der Waals surface area contributed by atoms with Gasteiger partial charge >= 0.3 is 0 Å². The van der Waals surface area contributed by atoms with Crippen LogP contribution < -0.4 is 4.74 Å². The molecule has 1 aromatic carbocycles. The molecule has 1 unspecified atom stereocenters. The fourth-order valence-corrected chi connectivity index (χ4v) is 1.87. The van der Waals surface area contributed by atoms with Crippen molar-refractivity contribution in [3.63, 3.8) is 0 Å². The Balaban J connectivity index is 1.76. The second-order valence-electron chi connectivity index (χ2n) is 4.03. The first-order valence-electron chi connectivity index (χ1n) is 5.65. The molecule has 0 N–H and O–H groups in total. The average molecular weight is 230 g/mol. The Hall–Kier alpha value is -2.02. The van der Waals surface area contributed by atoms with Gasteiger partial charge in [-0.05, 0) is 12.1 Å². The van der Waals surface area contributed by atoms with Gasteiger partial charge in [0.1, 0.15) is 12.4 Å². The minimum Gasteiger partial charge on any atom is -0.492 e. The van der Waals surface area contributed by atoms with E-state index in [1.54, 1.807) is 4.90 Å². The summed E-state index contributed by atoms with van der Waals surface area (Å²) in [4.78, 5) is 13.2. The zero-order valence-electron chi connectivity index (χ0n) is 9.50. The van der Waals surface area contributed by atoms with Crippen LogP contribution in [0.3, 0.4) is 0 Å². The van der Waals surface area contributed by atoms with Crippen molar-refractivity contribution in [2.45, 2.75) is 6.42 Å². The predicted octanol–water partition coefficient (Wildman–Crippen LogP) is 1.44. The fourth-order valence-electron chi connectivity index (χ4n) is 1.87. The molecule has 2 rings (SSSR count). The highest BCUT2D eigenvalue weighted by atomic mass is 16.5. The molecule has 4 heteroatoms. The van der Waals surface area contributed by atoms with Gasteiger partial charge in [-0.2, -0.15) is 5.26 Å². The summed E-state index contributed by atoms with van der Waals surface area (Å²) in [5, 5.41) is 8.74. The first-order chi connectivity index (χ1) is 8.29. The Morgan fingerprint density at radius 3 is 2.82 bits per heavy atom. The molecule has 1 aliphatic heterocycles. The minimum atomic E-state index is -0.153. The molecular weight excluding hydrogens is 216 g/mol. The van der Waals surface area contributed by atoms with Crippen molar-refractivity contribution in [1.82, 2.24) is 4.90 Å². The van der Waals surface area contributed by atoms with Gasteiger partial charge in [-0.25, -0.2) is 0 Å². The minimum absolute atomic E-state index is 0.0493. The van der Waals surface area contributed by atoms with Crippen LogP contribution in [0.15, 0.2) is 30.3 Å². The number of rotatable bonds is 4. The molecule has 0 saturated carbocycles. The second-order valence-corrected chi connectivity index (χ2v) is 4.03. The highest BCUT2D eigenvalue weighted by Gasteiger charge is 2.28. The molecular formula is C13H14N2O2. The van der Waals surface area contributed by atoms with Crippen LogP contribution >= 0.6 is 0 Å². The molecule has 1 heterocycles. The Morgan fingerprint density at radius 1 is 1.41 bits per heavy atom. The van der Waals surface area contributed by atoms with Crippen molar-refractivity contribution >= 4 is 5.91 Å². The van der Waals surface area contributed by atoms with Crippen molar-refractivity contribution in [3.8, 4) is 11.8 Å². The summed E-state index contributed by atoms with van der Waals surface area (Å²) in [5.41, 5.74) is 0. The van der Waals surface area contributed by atoms with E-state index in [-0.39, 0.29) is 11.8 Å². The van der Waals surface area contributed by atoms with E-state index in [0.29, 0.717) is 26.1 Å². The van der Waals surface area contributed by atoms with Crippen LogP contribution in [0.4, 0.5) is 0 Å². The Kier molecular flexibility index (Phi) is 3.61. The van der Waals surface area contributed by atoms with E-state index < -0.39 is 0 Å². The van der Waals surface area contributed by atoms with Gasteiger partial charge in [0.05, 0.1) is 18.5 Å². The topological polar surface area (TPSA) is 53.3 Å². The van der Waals surface area contributed by atoms with E-state index in [1.807, 2.05) is 30.3 Å². The van der Waals surface area contributed by atoms with Gasteiger partial charge in [0.15, 0.2) is 0 Å². The number of ether oxygens (including phenoxy) is 1. The molecule has 0 spiro atoms. The third kappa shape index (κ3) is 2.97. The Morgan fingerprint density at radius 2 is 2.18 bits per heavy atom. The molecule has 1 aromatic rings. The van der Waals surface area contributed by atoms with Crippen molar-refractivity contribution < 1.29 is 9.53 Å². The molecule has 0 aliphatic carbocycles. The van der Waals surface area contributed by atoms with Crippen molar-refractivity contribution in [2.24, 2.45) is 5.92 Å². The van der Waals surface area contributed by atoms with Crippen LogP contribution in [0.5, 0.6) is 5.75 Å². The molecule has 0 radical (unpaired) electrons. The van der Waals surface area contributed by atoms with Crippen LogP contribution in [0.1, 0.15) is 6.42 Å². The molecule has 0 bridgehead atoms.